The molecule has 0 atom stereocenters. The maximum absolute atomic E-state index is 11.2. The van der Waals surface area contributed by atoms with Crippen LogP contribution in [0.2, 0.25) is 0 Å². The highest BCUT2D eigenvalue weighted by Crippen LogP contribution is 2.19. The molecule has 0 aromatic carbocycles. The fraction of sp³-hybridized carbons (Fsp3) is 0.417. The van der Waals surface area contributed by atoms with Crippen molar-refractivity contribution in [1.82, 2.24) is 9.88 Å². The van der Waals surface area contributed by atoms with Crippen molar-refractivity contribution in [2.75, 3.05) is 31.1 Å². The monoisotopic (exact) mass is 249 g/mol. The van der Waals surface area contributed by atoms with Gasteiger partial charge in [-0.05, 0) is 12.1 Å². The zero-order valence-electron chi connectivity index (χ0n) is 10.2. The molecule has 1 amide bonds. The predicted molar refractivity (Wildman–Crippen MR) is 65.7 cm³/mol. The van der Waals surface area contributed by atoms with E-state index >= 15 is 0 Å². The van der Waals surface area contributed by atoms with Crippen molar-refractivity contribution >= 4 is 17.6 Å². The topological polar surface area (TPSA) is 73.7 Å². The average Bonchev–Trinajstić information content (AvgIpc) is 2.39. The van der Waals surface area contributed by atoms with Crippen LogP contribution in [-0.2, 0) is 4.79 Å². The maximum atomic E-state index is 11.2. The minimum atomic E-state index is -1.03. The Hall–Kier alpha value is -2.11. The van der Waals surface area contributed by atoms with Crippen LogP contribution in [0.25, 0.3) is 0 Å². The highest BCUT2D eigenvalue weighted by atomic mass is 16.4. The van der Waals surface area contributed by atoms with Gasteiger partial charge in [0.05, 0.1) is 5.69 Å². The van der Waals surface area contributed by atoms with E-state index in [1.165, 1.54) is 6.20 Å². The van der Waals surface area contributed by atoms with Crippen LogP contribution in [0.4, 0.5) is 5.69 Å². The van der Waals surface area contributed by atoms with Gasteiger partial charge in [0.25, 0.3) is 0 Å². The summed E-state index contributed by atoms with van der Waals surface area (Å²) in [5.74, 6) is -0.973. The van der Waals surface area contributed by atoms with E-state index < -0.39 is 5.97 Å². The Kier molecular flexibility index (Phi) is 3.45. The van der Waals surface area contributed by atoms with Crippen molar-refractivity contribution in [1.29, 1.82) is 0 Å². The lowest BCUT2D eigenvalue weighted by Gasteiger charge is -2.35. The predicted octanol–water partition coefficient (Wildman–Crippen LogP) is 0.448. The van der Waals surface area contributed by atoms with E-state index in [0.717, 1.165) is 0 Å². The molecule has 6 heteroatoms. The number of carboxylic acids is 1. The molecule has 1 aromatic rings. The summed E-state index contributed by atoms with van der Waals surface area (Å²) in [6, 6.07) is 3.47. The molecule has 96 valence electrons. The van der Waals surface area contributed by atoms with Crippen LogP contribution < -0.4 is 4.90 Å². The van der Waals surface area contributed by atoms with Gasteiger partial charge in [-0.2, -0.15) is 0 Å². The second kappa shape index (κ2) is 5.03. The molecule has 0 bridgehead atoms. The molecule has 1 aromatic heterocycles. The number of piperazine rings is 1. The molecule has 1 fully saturated rings. The smallest absolute Gasteiger partial charge is 0.356 e. The number of aromatic nitrogens is 1. The zero-order valence-corrected chi connectivity index (χ0v) is 10.2. The number of hydrogen-bond donors (Lipinski definition) is 1. The molecular weight excluding hydrogens is 234 g/mol. The van der Waals surface area contributed by atoms with Gasteiger partial charge in [-0.3, -0.25) is 4.79 Å². The van der Waals surface area contributed by atoms with Crippen molar-refractivity contribution < 1.29 is 14.7 Å². The molecule has 1 aliphatic heterocycles. The standard InChI is InChI=1S/C12H15N3O3/c1-9(16)14-5-7-15(8-6-14)10-3-2-4-13-11(10)12(17)18/h2-4H,5-8H2,1H3,(H,17,18). The molecule has 0 spiro atoms. The van der Waals surface area contributed by atoms with Crippen LogP contribution in [0.3, 0.4) is 0 Å². The van der Waals surface area contributed by atoms with E-state index in [-0.39, 0.29) is 11.6 Å². The van der Waals surface area contributed by atoms with E-state index in [1.54, 1.807) is 24.0 Å². The van der Waals surface area contributed by atoms with Crippen LogP contribution in [0.15, 0.2) is 18.3 Å². The normalized spacial score (nSPS) is 15.6. The summed E-state index contributed by atoms with van der Waals surface area (Å²) in [6.45, 7) is 4.03. The molecule has 1 saturated heterocycles. The number of carbonyl (C=O) groups excluding carboxylic acids is 1. The number of rotatable bonds is 2. The Balaban J connectivity index is 2.15. The summed E-state index contributed by atoms with van der Waals surface area (Å²) in [7, 11) is 0. The highest BCUT2D eigenvalue weighted by Gasteiger charge is 2.22. The summed E-state index contributed by atoms with van der Waals surface area (Å²) in [6.07, 6.45) is 1.47. The Morgan fingerprint density at radius 3 is 2.50 bits per heavy atom. The van der Waals surface area contributed by atoms with Crippen molar-refractivity contribution in [2.24, 2.45) is 0 Å². The van der Waals surface area contributed by atoms with Gasteiger partial charge in [-0.25, -0.2) is 9.78 Å². The van der Waals surface area contributed by atoms with Crippen molar-refractivity contribution in [3.63, 3.8) is 0 Å². The van der Waals surface area contributed by atoms with E-state index in [9.17, 15) is 9.59 Å². The summed E-state index contributed by atoms with van der Waals surface area (Å²) >= 11 is 0. The van der Waals surface area contributed by atoms with Crippen molar-refractivity contribution in [2.45, 2.75) is 6.92 Å². The minimum Gasteiger partial charge on any atom is -0.476 e. The number of carboxylic acid groups (broad SMARTS) is 1. The van der Waals surface area contributed by atoms with Gasteiger partial charge in [-0.15, -0.1) is 0 Å². The molecule has 1 aliphatic rings. The molecule has 1 N–H and O–H groups in total. The lowest BCUT2D eigenvalue weighted by atomic mass is 10.2. The first kappa shape index (κ1) is 12.3. The van der Waals surface area contributed by atoms with Crippen molar-refractivity contribution in [3.8, 4) is 0 Å². The Labute approximate surface area is 105 Å². The number of amides is 1. The van der Waals surface area contributed by atoms with Crippen LogP contribution in [0.1, 0.15) is 17.4 Å². The fourth-order valence-electron chi connectivity index (χ4n) is 2.08. The molecule has 0 radical (unpaired) electrons. The van der Waals surface area contributed by atoms with Crippen LogP contribution in [0.5, 0.6) is 0 Å². The number of anilines is 1. The molecular formula is C12H15N3O3. The van der Waals surface area contributed by atoms with Gasteiger partial charge in [0, 0.05) is 39.3 Å². The van der Waals surface area contributed by atoms with E-state index in [4.69, 9.17) is 5.11 Å². The Morgan fingerprint density at radius 2 is 1.94 bits per heavy atom. The first-order valence-electron chi connectivity index (χ1n) is 5.78. The lowest BCUT2D eigenvalue weighted by Crippen LogP contribution is -2.48. The van der Waals surface area contributed by atoms with Crippen molar-refractivity contribution in [3.05, 3.63) is 24.0 Å². The number of aromatic carboxylic acids is 1. The average molecular weight is 249 g/mol. The quantitative estimate of drug-likeness (QED) is 0.823. The first-order valence-corrected chi connectivity index (χ1v) is 5.78. The number of hydrogen-bond acceptors (Lipinski definition) is 4. The number of pyridine rings is 1. The van der Waals surface area contributed by atoms with E-state index in [2.05, 4.69) is 4.98 Å². The zero-order chi connectivity index (χ0) is 13.1. The van der Waals surface area contributed by atoms with E-state index in [1.807, 2.05) is 4.90 Å². The molecule has 18 heavy (non-hydrogen) atoms. The summed E-state index contributed by atoms with van der Waals surface area (Å²) < 4.78 is 0. The lowest BCUT2D eigenvalue weighted by molar-refractivity contribution is -0.129. The largest absolute Gasteiger partial charge is 0.476 e. The molecule has 6 nitrogen and oxygen atoms in total. The maximum Gasteiger partial charge on any atom is 0.356 e. The highest BCUT2D eigenvalue weighted by molar-refractivity contribution is 5.92. The van der Waals surface area contributed by atoms with E-state index in [0.29, 0.717) is 31.9 Å². The first-order chi connectivity index (χ1) is 8.59. The molecule has 0 saturated carbocycles. The molecule has 0 aliphatic carbocycles. The van der Waals surface area contributed by atoms with Gasteiger partial charge < -0.3 is 14.9 Å². The number of nitrogens with zero attached hydrogens (tertiary/aromatic N) is 3. The van der Waals surface area contributed by atoms with Gasteiger partial charge in [0.15, 0.2) is 5.69 Å². The third-order valence-electron chi connectivity index (χ3n) is 3.05. The van der Waals surface area contributed by atoms with Gasteiger partial charge in [0.2, 0.25) is 5.91 Å². The fourth-order valence-corrected chi connectivity index (χ4v) is 2.08. The third-order valence-corrected chi connectivity index (χ3v) is 3.05. The Bertz CT molecular complexity index is 467. The summed E-state index contributed by atoms with van der Waals surface area (Å²) in [4.78, 5) is 29.9. The van der Waals surface area contributed by atoms with Crippen LogP contribution >= 0.6 is 0 Å². The van der Waals surface area contributed by atoms with Gasteiger partial charge in [-0.1, -0.05) is 0 Å². The SMILES string of the molecule is CC(=O)N1CCN(c2cccnc2C(=O)O)CC1. The second-order valence-electron chi connectivity index (χ2n) is 4.17. The van der Waals surface area contributed by atoms with Gasteiger partial charge in [0.1, 0.15) is 0 Å². The Morgan fingerprint density at radius 1 is 1.28 bits per heavy atom. The molecule has 0 unspecified atom stereocenters. The summed E-state index contributed by atoms with van der Waals surface area (Å²) in [5.41, 5.74) is 0.682. The minimum absolute atomic E-state index is 0.0549. The molecule has 2 rings (SSSR count). The van der Waals surface area contributed by atoms with Gasteiger partial charge >= 0.3 is 5.97 Å². The van der Waals surface area contributed by atoms with Crippen LogP contribution in [-0.4, -0.2) is 53.0 Å². The second-order valence-corrected chi connectivity index (χ2v) is 4.17. The third kappa shape index (κ3) is 2.42. The molecule has 2 heterocycles. The number of carbonyl (C=O) groups is 2. The summed E-state index contributed by atoms with van der Waals surface area (Å²) in [5, 5.41) is 9.08. The van der Waals surface area contributed by atoms with Crippen LogP contribution in [0, 0.1) is 0 Å².